The normalized spacial score (nSPS) is 12.4. The number of nitrogens with zero attached hydrogens (tertiary/aromatic N) is 2. The van der Waals surface area contributed by atoms with Gasteiger partial charge in [-0.25, -0.2) is 4.98 Å². The Labute approximate surface area is 207 Å². The Morgan fingerprint density at radius 1 is 1.06 bits per heavy atom. The maximum atomic E-state index is 13.2. The number of benzene rings is 2. The highest BCUT2D eigenvalue weighted by Crippen LogP contribution is 2.25. The monoisotopic (exact) mass is 477 g/mol. The number of amides is 1. The highest BCUT2D eigenvalue weighted by atomic mass is 32.2. The van der Waals surface area contributed by atoms with Gasteiger partial charge < -0.3 is 5.32 Å². The molecule has 3 aromatic rings. The minimum Gasteiger partial charge on any atom is -0.351 e. The average molecular weight is 478 g/mol. The second-order valence-electron chi connectivity index (χ2n) is 9.66. The Bertz CT molecular complexity index is 1180. The van der Waals surface area contributed by atoms with Crippen molar-refractivity contribution in [2.24, 2.45) is 7.05 Å². The summed E-state index contributed by atoms with van der Waals surface area (Å²) in [6.07, 6.45) is 1.18. The predicted octanol–water partition coefficient (Wildman–Crippen LogP) is 5.16. The van der Waals surface area contributed by atoms with Crippen LogP contribution in [0.3, 0.4) is 0 Å². The van der Waals surface area contributed by atoms with Crippen LogP contribution in [0.2, 0.25) is 0 Å². The fourth-order valence-corrected chi connectivity index (χ4v) is 4.76. The summed E-state index contributed by atoms with van der Waals surface area (Å²) >= 11 is 1.35. The quantitative estimate of drug-likeness (QED) is 0.359. The number of carbonyl (C=O) groups excluding carboxylic acids is 1. The largest absolute Gasteiger partial charge is 0.351 e. The molecule has 0 bridgehead atoms. The van der Waals surface area contributed by atoms with Gasteiger partial charge in [0.25, 0.3) is 5.56 Å². The molecule has 1 N–H and O–H groups in total. The fourth-order valence-electron chi connectivity index (χ4n) is 3.71. The molecule has 5 nitrogen and oxygen atoms in total. The van der Waals surface area contributed by atoms with Gasteiger partial charge in [0.05, 0.1) is 5.25 Å². The van der Waals surface area contributed by atoms with Crippen molar-refractivity contribution in [2.75, 3.05) is 0 Å². The number of thioether (sulfide) groups is 1. The second-order valence-corrected chi connectivity index (χ2v) is 10.8. The third-order valence-corrected chi connectivity index (χ3v) is 7.38. The first kappa shape index (κ1) is 25.8. The first-order valence-corrected chi connectivity index (χ1v) is 12.6. The molecule has 6 heteroatoms. The molecule has 2 aromatic carbocycles. The Balaban J connectivity index is 1.74. The van der Waals surface area contributed by atoms with Crippen LogP contribution in [0, 0.1) is 6.92 Å². The number of aryl methyl sites for hydroxylation is 1. The lowest BCUT2D eigenvalue weighted by molar-refractivity contribution is -0.120. The van der Waals surface area contributed by atoms with Gasteiger partial charge in [-0.3, -0.25) is 14.2 Å². The van der Waals surface area contributed by atoms with Crippen molar-refractivity contribution in [2.45, 2.75) is 69.8 Å². The van der Waals surface area contributed by atoms with Crippen molar-refractivity contribution in [3.8, 4) is 0 Å². The summed E-state index contributed by atoms with van der Waals surface area (Å²) in [5.41, 5.74) is 4.84. The molecule has 1 aromatic heterocycles. The summed E-state index contributed by atoms with van der Waals surface area (Å²) in [4.78, 5) is 30.7. The molecule has 0 saturated carbocycles. The third kappa shape index (κ3) is 6.38. The molecular formula is C28H35N3O2S. The molecule has 0 saturated heterocycles. The van der Waals surface area contributed by atoms with Gasteiger partial charge in [0, 0.05) is 31.3 Å². The molecule has 34 heavy (non-hydrogen) atoms. The van der Waals surface area contributed by atoms with Crippen LogP contribution >= 0.6 is 11.8 Å². The molecule has 180 valence electrons. The maximum Gasteiger partial charge on any atom is 0.257 e. The number of hydrogen-bond donors (Lipinski definition) is 1. The van der Waals surface area contributed by atoms with Gasteiger partial charge >= 0.3 is 0 Å². The van der Waals surface area contributed by atoms with Crippen LogP contribution in [-0.2, 0) is 30.2 Å². The van der Waals surface area contributed by atoms with Gasteiger partial charge in [-0.1, -0.05) is 94.1 Å². The highest BCUT2D eigenvalue weighted by molar-refractivity contribution is 8.00. The number of hydrogen-bond acceptors (Lipinski definition) is 4. The Kier molecular flexibility index (Phi) is 8.37. The Hall–Kier alpha value is -2.86. The molecule has 1 amide bonds. The summed E-state index contributed by atoms with van der Waals surface area (Å²) in [6, 6.07) is 18.3. The molecule has 1 heterocycles. The lowest BCUT2D eigenvalue weighted by atomic mass is 9.86. The lowest BCUT2D eigenvalue weighted by Crippen LogP contribution is -2.33. The zero-order valence-electron chi connectivity index (χ0n) is 21.0. The van der Waals surface area contributed by atoms with Gasteiger partial charge in [0.2, 0.25) is 5.91 Å². The fraction of sp³-hybridized carbons (Fsp3) is 0.393. The van der Waals surface area contributed by atoms with E-state index in [-0.39, 0.29) is 22.1 Å². The number of nitrogens with one attached hydrogen (secondary N) is 1. The smallest absolute Gasteiger partial charge is 0.257 e. The minimum atomic E-state index is -0.322. The van der Waals surface area contributed by atoms with E-state index in [1.54, 1.807) is 11.6 Å². The molecule has 1 unspecified atom stereocenters. The first-order valence-electron chi connectivity index (χ1n) is 11.7. The molecule has 0 radical (unpaired) electrons. The van der Waals surface area contributed by atoms with Crippen molar-refractivity contribution < 1.29 is 4.79 Å². The van der Waals surface area contributed by atoms with Crippen LogP contribution in [0.15, 0.2) is 64.5 Å². The summed E-state index contributed by atoms with van der Waals surface area (Å²) < 4.78 is 1.57. The number of aromatic nitrogens is 2. The van der Waals surface area contributed by atoms with E-state index < -0.39 is 0 Å². The van der Waals surface area contributed by atoms with E-state index in [1.165, 1.54) is 17.3 Å². The van der Waals surface area contributed by atoms with Crippen molar-refractivity contribution in [1.82, 2.24) is 14.9 Å². The van der Waals surface area contributed by atoms with E-state index in [1.807, 2.05) is 44.2 Å². The van der Waals surface area contributed by atoms with Crippen molar-refractivity contribution in [1.29, 1.82) is 0 Å². The van der Waals surface area contributed by atoms with E-state index >= 15 is 0 Å². The summed E-state index contributed by atoms with van der Waals surface area (Å²) in [5, 5.41) is 3.25. The van der Waals surface area contributed by atoms with Crippen LogP contribution in [0.5, 0.6) is 0 Å². The maximum absolute atomic E-state index is 13.2. The molecule has 0 spiro atoms. The number of carbonyl (C=O) groups is 1. The van der Waals surface area contributed by atoms with E-state index in [2.05, 4.69) is 50.4 Å². The molecular weight excluding hydrogens is 442 g/mol. The van der Waals surface area contributed by atoms with Crippen LogP contribution in [-0.4, -0.2) is 20.7 Å². The van der Waals surface area contributed by atoms with Gasteiger partial charge in [0.15, 0.2) is 5.16 Å². The molecule has 0 aliphatic heterocycles. The van der Waals surface area contributed by atoms with Crippen LogP contribution in [0.4, 0.5) is 0 Å². The van der Waals surface area contributed by atoms with E-state index in [4.69, 9.17) is 4.98 Å². The van der Waals surface area contributed by atoms with E-state index in [0.29, 0.717) is 35.8 Å². The molecule has 0 aliphatic carbocycles. The predicted molar refractivity (Wildman–Crippen MR) is 140 cm³/mol. The zero-order chi connectivity index (χ0) is 24.9. The summed E-state index contributed by atoms with van der Waals surface area (Å²) in [5.74, 6) is -0.0498. The van der Waals surface area contributed by atoms with Crippen LogP contribution in [0.25, 0.3) is 0 Å². The van der Waals surface area contributed by atoms with Gasteiger partial charge in [-0.15, -0.1) is 0 Å². The van der Waals surface area contributed by atoms with E-state index in [9.17, 15) is 9.59 Å². The Morgan fingerprint density at radius 2 is 1.71 bits per heavy atom. The molecule has 0 aliphatic rings. The molecule has 3 rings (SSSR count). The zero-order valence-corrected chi connectivity index (χ0v) is 21.8. The average Bonchev–Trinajstić information content (AvgIpc) is 2.82. The highest BCUT2D eigenvalue weighted by Gasteiger charge is 2.22. The minimum absolute atomic E-state index is 0.0498. The second kappa shape index (κ2) is 11.0. The van der Waals surface area contributed by atoms with Gasteiger partial charge in [-0.2, -0.15) is 0 Å². The SMILES string of the molecule is CCC(Sc1nc(C)c(Cc2ccc(C(C)(C)C)cc2)c(=O)n1C)C(=O)NCc1ccccc1. The third-order valence-electron chi connectivity index (χ3n) is 5.97. The number of rotatable bonds is 8. The molecule has 0 fully saturated rings. The van der Waals surface area contributed by atoms with Crippen molar-refractivity contribution >= 4 is 17.7 Å². The topological polar surface area (TPSA) is 64.0 Å². The first-order chi connectivity index (χ1) is 16.1. The summed E-state index contributed by atoms with van der Waals surface area (Å²) in [6.45, 7) is 10.9. The molecule has 1 atom stereocenters. The standard InChI is InChI=1S/C28H35N3O2S/c1-7-24(25(32)29-18-21-11-9-8-10-12-21)34-27-30-19(2)23(26(33)31(27)6)17-20-13-15-22(16-14-20)28(3,4)5/h8-16,24H,7,17-18H2,1-6H3,(H,29,32). The van der Waals surface area contributed by atoms with Gasteiger partial charge in [0.1, 0.15) is 0 Å². The summed E-state index contributed by atoms with van der Waals surface area (Å²) in [7, 11) is 1.73. The van der Waals surface area contributed by atoms with Gasteiger partial charge in [-0.05, 0) is 35.4 Å². The van der Waals surface area contributed by atoms with Crippen molar-refractivity contribution in [3.63, 3.8) is 0 Å². The lowest BCUT2D eigenvalue weighted by Gasteiger charge is -2.19. The van der Waals surface area contributed by atoms with Crippen LogP contribution < -0.4 is 10.9 Å². The Morgan fingerprint density at radius 3 is 2.29 bits per heavy atom. The van der Waals surface area contributed by atoms with Crippen LogP contribution in [0.1, 0.15) is 62.1 Å². The van der Waals surface area contributed by atoms with Crippen molar-refractivity contribution in [3.05, 3.63) is 92.9 Å². The van der Waals surface area contributed by atoms with E-state index in [0.717, 1.165) is 11.1 Å².